The van der Waals surface area contributed by atoms with Gasteiger partial charge in [0.05, 0.1) is 23.5 Å². The van der Waals surface area contributed by atoms with E-state index in [1.165, 1.54) is 0 Å². The predicted molar refractivity (Wildman–Crippen MR) is 127 cm³/mol. The van der Waals surface area contributed by atoms with Crippen LogP contribution < -0.4 is 5.32 Å². The summed E-state index contributed by atoms with van der Waals surface area (Å²) in [5.74, 6) is 0.497. The molecular weight excluding hydrogens is 474 g/mol. The fraction of sp³-hybridized carbons (Fsp3) is 0.625. The van der Waals surface area contributed by atoms with Crippen LogP contribution in [0.2, 0.25) is 0 Å². The van der Waals surface area contributed by atoms with Crippen molar-refractivity contribution in [2.24, 2.45) is 11.8 Å². The lowest BCUT2D eigenvalue weighted by Crippen LogP contribution is -2.48. The van der Waals surface area contributed by atoms with Gasteiger partial charge in [-0.25, -0.2) is 0 Å². The monoisotopic (exact) mass is 507 g/mol. The Morgan fingerprint density at radius 2 is 1.59 bits per heavy atom. The number of hydrogen-bond acceptors (Lipinski definition) is 4. The first kappa shape index (κ1) is 24.7. The summed E-state index contributed by atoms with van der Waals surface area (Å²) in [4.78, 5) is 42.1. The predicted octanol–water partition coefficient (Wildman–Crippen LogP) is 3.92. The number of amides is 3. The fourth-order valence-corrected chi connectivity index (χ4v) is 5.14. The fourth-order valence-electron chi connectivity index (χ4n) is 4.77. The maximum atomic E-state index is 13.3. The molecule has 2 saturated heterocycles. The first-order chi connectivity index (χ1) is 15.1. The van der Waals surface area contributed by atoms with E-state index < -0.39 is 0 Å². The third kappa shape index (κ3) is 6.54. The Kier molecular flexibility index (Phi) is 8.33. The lowest BCUT2D eigenvalue weighted by atomic mass is 9.91. The van der Waals surface area contributed by atoms with Crippen molar-refractivity contribution in [1.29, 1.82) is 0 Å². The number of nitrogens with one attached hydrogen (secondary N) is 1. The second-order valence-electron chi connectivity index (χ2n) is 9.45. The summed E-state index contributed by atoms with van der Waals surface area (Å²) in [6.45, 7) is 10.7. The maximum Gasteiger partial charge on any atom is 0.256 e. The van der Waals surface area contributed by atoms with Crippen LogP contribution in [-0.4, -0.2) is 65.9 Å². The summed E-state index contributed by atoms with van der Waals surface area (Å²) in [5.41, 5.74) is 0.950. The maximum absolute atomic E-state index is 13.3. The number of morpholine rings is 1. The Labute approximate surface area is 199 Å². The van der Waals surface area contributed by atoms with Crippen molar-refractivity contribution in [3.05, 3.63) is 28.2 Å². The van der Waals surface area contributed by atoms with E-state index in [9.17, 15) is 14.4 Å². The van der Waals surface area contributed by atoms with Crippen LogP contribution >= 0.6 is 15.9 Å². The molecule has 4 atom stereocenters. The van der Waals surface area contributed by atoms with Crippen LogP contribution in [0.5, 0.6) is 0 Å². The highest BCUT2D eigenvalue weighted by Gasteiger charge is 2.29. The zero-order valence-corrected chi connectivity index (χ0v) is 21.0. The molecule has 2 fully saturated rings. The van der Waals surface area contributed by atoms with Crippen LogP contribution in [0.1, 0.15) is 57.3 Å². The van der Waals surface area contributed by atoms with Gasteiger partial charge in [-0.3, -0.25) is 14.4 Å². The molecule has 3 rings (SSSR count). The number of benzene rings is 1. The van der Waals surface area contributed by atoms with E-state index in [2.05, 4.69) is 35.1 Å². The van der Waals surface area contributed by atoms with Crippen molar-refractivity contribution >= 4 is 39.3 Å². The van der Waals surface area contributed by atoms with E-state index in [0.717, 1.165) is 10.9 Å². The largest absolute Gasteiger partial charge is 0.372 e. The van der Waals surface area contributed by atoms with E-state index >= 15 is 0 Å². The molecule has 2 aliphatic rings. The Morgan fingerprint density at radius 1 is 0.969 bits per heavy atom. The van der Waals surface area contributed by atoms with Crippen LogP contribution in [0, 0.1) is 11.8 Å². The second-order valence-corrected chi connectivity index (χ2v) is 10.4. The molecule has 0 saturated carbocycles. The Morgan fingerprint density at radius 3 is 2.22 bits per heavy atom. The molecule has 0 aromatic heterocycles. The smallest absolute Gasteiger partial charge is 0.256 e. The third-order valence-electron chi connectivity index (χ3n) is 5.98. The number of anilines is 1. The van der Waals surface area contributed by atoms with Crippen LogP contribution in [-0.2, 0) is 14.3 Å². The number of carbonyl (C=O) groups is 3. The van der Waals surface area contributed by atoms with Crippen LogP contribution in [0.4, 0.5) is 5.69 Å². The van der Waals surface area contributed by atoms with E-state index in [-0.39, 0.29) is 42.8 Å². The lowest BCUT2D eigenvalue weighted by molar-refractivity contribution is -0.144. The molecule has 0 bridgehead atoms. The first-order valence-corrected chi connectivity index (χ1v) is 12.2. The molecule has 176 valence electrons. The van der Waals surface area contributed by atoms with Gasteiger partial charge in [-0.05, 0) is 50.3 Å². The van der Waals surface area contributed by atoms with Crippen molar-refractivity contribution in [3.8, 4) is 0 Å². The topological polar surface area (TPSA) is 79.0 Å². The molecule has 0 aliphatic carbocycles. The van der Waals surface area contributed by atoms with Crippen molar-refractivity contribution in [2.45, 2.75) is 59.2 Å². The van der Waals surface area contributed by atoms with Gasteiger partial charge in [0.2, 0.25) is 11.8 Å². The van der Waals surface area contributed by atoms with Gasteiger partial charge < -0.3 is 19.9 Å². The standard InChI is InChI=1S/C24H34BrN3O4/c1-15-9-16(2)12-28(11-15)24(31)20-10-19(25)5-6-21(20)26-22(29)7-8-23(30)27-13-17(3)32-18(4)14-27/h5-6,10,15-18H,7-9,11-14H2,1-4H3,(H,26,29)/t15-,16+,17-,18+. The van der Waals surface area contributed by atoms with Gasteiger partial charge in [-0.2, -0.15) is 0 Å². The van der Waals surface area contributed by atoms with Crippen LogP contribution in [0.3, 0.4) is 0 Å². The number of halogens is 1. The first-order valence-electron chi connectivity index (χ1n) is 11.4. The van der Waals surface area contributed by atoms with Gasteiger partial charge in [-0.15, -0.1) is 0 Å². The number of nitrogens with zero attached hydrogens (tertiary/aromatic N) is 2. The summed E-state index contributed by atoms with van der Waals surface area (Å²) in [6, 6.07) is 5.29. The molecule has 2 heterocycles. The van der Waals surface area contributed by atoms with E-state index in [1.807, 2.05) is 18.7 Å². The molecule has 8 heteroatoms. The number of likely N-dealkylation sites (tertiary alicyclic amines) is 1. The van der Waals surface area contributed by atoms with Gasteiger partial charge in [-0.1, -0.05) is 29.8 Å². The van der Waals surface area contributed by atoms with E-state index in [4.69, 9.17) is 4.74 Å². The molecule has 0 radical (unpaired) electrons. The molecule has 7 nitrogen and oxygen atoms in total. The molecule has 32 heavy (non-hydrogen) atoms. The SMILES string of the molecule is C[C@@H]1C[C@H](C)CN(C(=O)c2cc(Br)ccc2NC(=O)CCC(=O)N2C[C@@H](C)O[C@@H](C)C2)C1. The quantitative estimate of drug-likeness (QED) is 0.654. The molecule has 0 spiro atoms. The molecule has 1 aromatic carbocycles. The van der Waals surface area contributed by atoms with Crippen molar-refractivity contribution in [2.75, 3.05) is 31.5 Å². The van der Waals surface area contributed by atoms with Crippen molar-refractivity contribution in [1.82, 2.24) is 9.80 Å². The molecule has 1 aromatic rings. The summed E-state index contributed by atoms with van der Waals surface area (Å²) in [6.07, 6.45) is 1.30. The normalized spacial score (nSPS) is 26.0. The molecular formula is C24H34BrN3O4. The number of hydrogen-bond donors (Lipinski definition) is 1. The zero-order valence-electron chi connectivity index (χ0n) is 19.4. The minimum Gasteiger partial charge on any atom is -0.372 e. The minimum atomic E-state index is -0.274. The molecule has 0 unspecified atom stereocenters. The van der Waals surface area contributed by atoms with Crippen molar-refractivity contribution in [3.63, 3.8) is 0 Å². The van der Waals surface area contributed by atoms with Gasteiger partial charge in [0.15, 0.2) is 0 Å². The summed E-state index contributed by atoms with van der Waals surface area (Å²) >= 11 is 3.44. The minimum absolute atomic E-state index is 0.00640. The van der Waals surface area contributed by atoms with Gasteiger partial charge in [0.25, 0.3) is 5.91 Å². The lowest BCUT2D eigenvalue weighted by Gasteiger charge is -2.35. The molecule has 3 amide bonds. The van der Waals surface area contributed by atoms with Gasteiger partial charge in [0, 0.05) is 43.5 Å². The number of carbonyl (C=O) groups excluding carboxylic acids is 3. The second kappa shape index (κ2) is 10.8. The Bertz CT molecular complexity index is 842. The molecule has 1 N–H and O–H groups in total. The Hall–Kier alpha value is -1.93. The van der Waals surface area contributed by atoms with Crippen LogP contribution in [0.15, 0.2) is 22.7 Å². The number of rotatable bonds is 5. The third-order valence-corrected chi connectivity index (χ3v) is 6.47. The summed E-state index contributed by atoms with van der Waals surface area (Å²) < 4.78 is 6.45. The highest BCUT2D eigenvalue weighted by molar-refractivity contribution is 9.10. The highest BCUT2D eigenvalue weighted by atomic mass is 79.9. The highest BCUT2D eigenvalue weighted by Crippen LogP contribution is 2.27. The van der Waals surface area contributed by atoms with Crippen molar-refractivity contribution < 1.29 is 19.1 Å². The van der Waals surface area contributed by atoms with Crippen LogP contribution in [0.25, 0.3) is 0 Å². The van der Waals surface area contributed by atoms with Gasteiger partial charge >= 0.3 is 0 Å². The average Bonchev–Trinajstić information content (AvgIpc) is 2.71. The Balaban J connectivity index is 1.62. The van der Waals surface area contributed by atoms with E-state index in [1.54, 1.807) is 23.1 Å². The zero-order chi connectivity index (χ0) is 23.4. The van der Waals surface area contributed by atoms with E-state index in [0.29, 0.717) is 49.3 Å². The number of piperidine rings is 1. The summed E-state index contributed by atoms with van der Waals surface area (Å²) in [7, 11) is 0. The van der Waals surface area contributed by atoms with Gasteiger partial charge in [0.1, 0.15) is 0 Å². The average molecular weight is 508 g/mol. The molecule has 2 aliphatic heterocycles. The number of ether oxygens (including phenoxy) is 1. The summed E-state index contributed by atoms with van der Waals surface area (Å²) in [5, 5.41) is 2.85.